The molecular weight excluding hydrogens is 1530 g/mol. The number of hydrogen-bond acceptors (Lipinski definition) is 24. The maximum absolute atomic E-state index is 13.2. The van der Waals surface area contributed by atoms with Crippen LogP contribution in [-0.4, -0.2) is 160 Å². The molecule has 1 saturated heterocycles. The number of nitrogens with one attached hydrogen (secondary N) is 5. The van der Waals surface area contributed by atoms with E-state index in [0.717, 1.165) is 110 Å². The summed E-state index contributed by atoms with van der Waals surface area (Å²) < 4.78 is 88.0. The van der Waals surface area contributed by atoms with Crippen molar-refractivity contribution in [3.05, 3.63) is 263 Å². The number of nitrogens with zero attached hydrogens (tertiary/aromatic N) is 17. The van der Waals surface area contributed by atoms with Crippen LogP contribution in [0.3, 0.4) is 0 Å². The number of halogens is 7. The molecule has 25 nitrogen and oxygen atoms in total. The number of hydrogen-bond donors (Lipinski definition) is 5. The number of aryl methyl sites for hydroxylation is 2. The minimum Gasteiger partial charge on any atom is -0.497 e. The van der Waals surface area contributed by atoms with Gasteiger partial charge in [-0.1, -0.05) is 89.6 Å². The fraction of sp³-hybridized carbons (Fsp3) is 0.253. The van der Waals surface area contributed by atoms with E-state index in [2.05, 4.69) is 151 Å². The summed E-state index contributed by atoms with van der Waals surface area (Å²) in [7, 11) is 9.45. The fourth-order valence-electron chi connectivity index (χ4n) is 12.6. The van der Waals surface area contributed by atoms with Gasteiger partial charge in [0.1, 0.15) is 70.4 Å². The van der Waals surface area contributed by atoms with Crippen LogP contribution in [0.1, 0.15) is 82.2 Å². The van der Waals surface area contributed by atoms with E-state index in [9.17, 15) is 31.1 Å². The van der Waals surface area contributed by atoms with Crippen molar-refractivity contribution in [1.82, 2.24) is 80.0 Å². The number of ether oxygens (including phenoxy) is 1. The first-order valence-electron chi connectivity index (χ1n) is 36.8. The second-order valence-corrected chi connectivity index (χ2v) is 28.6. The van der Waals surface area contributed by atoms with Gasteiger partial charge in [-0.05, 0) is 167 Å². The van der Waals surface area contributed by atoms with Gasteiger partial charge in [-0.3, -0.25) is 14.9 Å². The van der Waals surface area contributed by atoms with Crippen molar-refractivity contribution in [2.75, 3.05) is 99.1 Å². The number of pyridine rings is 1. The molecule has 3 atom stereocenters. The highest BCUT2D eigenvalue weighted by Gasteiger charge is 2.36. The number of carbonyl (C=O) groups excluding carboxylic acids is 1. The van der Waals surface area contributed by atoms with E-state index in [1.807, 2.05) is 111 Å². The van der Waals surface area contributed by atoms with Crippen molar-refractivity contribution in [2.45, 2.75) is 70.6 Å². The van der Waals surface area contributed by atoms with Crippen LogP contribution in [0.25, 0.3) is 54.2 Å². The summed E-state index contributed by atoms with van der Waals surface area (Å²) in [4.78, 5) is 67.5. The first kappa shape index (κ1) is 82.6. The number of H-pyrrole nitrogens is 1. The Hall–Kier alpha value is -12.8. The number of piperazine rings is 1. The summed E-state index contributed by atoms with van der Waals surface area (Å²) in [6.45, 7) is 9.48. The molecule has 3 unspecified atom stereocenters. The van der Waals surface area contributed by atoms with Crippen molar-refractivity contribution >= 4 is 118 Å². The third-order valence-corrected chi connectivity index (χ3v) is 19.8. The number of amides is 1. The number of methoxy groups -OCH3 is 1. The molecule has 15 aromatic rings. The predicted octanol–water partition coefficient (Wildman–Crippen LogP) is 17.3. The third-order valence-electron chi connectivity index (χ3n) is 18.7. The molecule has 10 heterocycles. The van der Waals surface area contributed by atoms with Gasteiger partial charge in [-0.15, -0.1) is 11.3 Å². The van der Waals surface area contributed by atoms with Crippen molar-refractivity contribution in [1.29, 1.82) is 0 Å². The van der Waals surface area contributed by atoms with Gasteiger partial charge >= 0.3 is 12.4 Å². The lowest BCUT2D eigenvalue weighted by Gasteiger charge is -2.36. The smallest absolute Gasteiger partial charge is 0.451 e. The second kappa shape index (κ2) is 38.3. The Bertz CT molecular complexity index is 5720. The van der Waals surface area contributed by atoms with Crippen LogP contribution in [0, 0.1) is 6.92 Å². The third kappa shape index (κ3) is 21.5. The quantitative estimate of drug-likeness (QED) is 0.0443. The predicted molar refractivity (Wildman–Crippen MR) is 442 cm³/mol. The fourth-order valence-corrected chi connectivity index (χ4v) is 13.4. The summed E-state index contributed by atoms with van der Waals surface area (Å²) in [5.74, 6) is 2.86. The van der Waals surface area contributed by atoms with Crippen LogP contribution in [0.4, 0.5) is 61.1 Å². The van der Waals surface area contributed by atoms with Gasteiger partial charge in [-0.25, -0.2) is 44.9 Å². The first-order valence-corrected chi connectivity index (χ1v) is 38.1. The van der Waals surface area contributed by atoms with Crippen LogP contribution < -0.4 is 35.8 Å². The summed E-state index contributed by atoms with van der Waals surface area (Å²) in [6, 6.07) is 51.4. The number of carbonyl (C=O) groups is 1. The molecular formula is C83H83ClF6N22O3S. The van der Waals surface area contributed by atoms with Crippen LogP contribution in [0.5, 0.6) is 5.75 Å². The number of fused-ring (bicyclic) bond motifs is 5. The Labute approximate surface area is 673 Å². The molecule has 1 aliphatic heterocycles. The standard InChI is InChI=1S/C21H22ClN5O.C20H21F3N4O.C16H18N4O.C13H10F3N5.C13H12N4S/c1-25(2)17-7-8-19-18(13-17)20(24-14-23-19)26-9-11-27(12-10-26)21(28)15-3-5-16(22)6-4-15;1-27(2)17(13-7-6-8-14(11-13)28-3)12-24-18-15-9-4-5-10-16(15)25-19(26-18)20(21,22)23;1-11(8-9-13-6-4-3-5-7-13)19-15-14-12(2)20-21-16(14)18-10-17-15;14-13(15,16)9-3-1-2-8(4-9)5-17-11-10-6-20-21-12(10)19-7-18-11;1-9(11-4-2-3-6-14-11)17-12-10-5-7-18-13(10)16-8-15-12/h3-8,13-14H,9-12H2,1-2H3;4-11,17H,12H2,1-3H3,(H,24,25,26);3-7,10-11H,8-9H2,1-2H3,(H,17,18,19);1-4,6-7H,5H2,(H2,17,18,19,20,21);2-9H,1H3,(H,15,16,17). The van der Waals surface area contributed by atoms with Crippen LogP contribution in [0.2, 0.25) is 5.02 Å². The van der Waals surface area contributed by atoms with Crippen LogP contribution in [-0.2, 0) is 25.3 Å². The SMILES string of the molecule is CC(Nc1ncnc2sccc12)c1ccccn1.CN(C)c1ccc2ncnc(N3CCN(C(=O)c4ccc(Cl)cc4)CC3)c2c1.COc1cccc(C(CNc2nc(C(F)(F)F)nc3ccccc23)N(C)C)c1.Cc1noc2ncnc(NC(C)CCc3ccccc3)c12.FC(F)(F)c1cccc(CNc2ncnc3[nH]ncc23)c1. The van der Waals surface area contributed by atoms with E-state index < -0.39 is 23.7 Å². The highest BCUT2D eigenvalue weighted by molar-refractivity contribution is 7.16. The number of benzene rings is 6. The van der Waals surface area contributed by atoms with Gasteiger partial charge in [0.15, 0.2) is 5.65 Å². The maximum Gasteiger partial charge on any atom is 0.451 e. The molecule has 0 saturated carbocycles. The minimum absolute atomic E-state index is 0.0405. The number of aromatic nitrogens is 14. The van der Waals surface area contributed by atoms with Crippen molar-refractivity contribution in [3.8, 4) is 5.75 Å². The lowest BCUT2D eigenvalue weighted by Crippen LogP contribution is -2.49. The topological polar surface area (TPSA) is 284 Å². The van der Waals surface area contributed by atoms with Gasteiger partial charge in [0.05, 0.1) is 64.1 Å². The molecule has 1 fully saturated rings. The first-order chi connectivity index (χ1) is 55.9. The zero-order valence-corrected chi connectivity index (χ0v) is 66.0. The lowest BCUT2D eigenvalue weighted by molar-refractivity contribution is -0.144. The van der Waals surface area contributed by atoms with E-state index >= 15 is 0 Å². The van der Waals surface area contributed by atoms with Crippen LogP contribution in [0.15, 0.2) is 217 Å². The molecule has 16 rings (SSSR count). The van der Waals surface area contributed by atoms with E-state index in [1.54, 1.807) is 98.1 Å². The molecule has 0 radical (unpaired) electrons. The number of para-hydroxylation sites is 1. The van der Waals surface area contributed by atoms with E-state index in [0.29, 0.717) is 69.8 Å². The Morgan fingerprint density at radius 2 is 1.37 bits per heavy atom. The molecule has 598 valence electrons. The number of anilines is 6. The Balaban J connectivity index is 0.000000135. The zero-order valence-electron chi connectivity index (χ0n) is 64.5. The molecule has 1 amide bonds. The molecule has 0 aliphatic carbocycles. The van der Waals surface area contributed by atoms with E-state index in [1.165, 1.54) is 24.3 Å². The van der Waals surface area contributed by atoms with Gasteiger partial charge in [0, 0.05) is 92.6 Å². The molecule has 116 heavy (non-hydrogen) atoms. The zero-order chi connectivity index (χ0) is 81.9. The summed E-state index contributed by atoms with van der Waals surface area (Å²) in [5.41, 5.74) is 8.02. The largest absolute Gasteiger partial charge is 0.497 e. The summed E-state index contributed by atoms with van der Waals surface area (Å²) in [6.07, 6.45) is 2.51. The molecule has 0 bridgehead atoms. The van der Waals surface area contributed by atoms with Gasteiger partial charge in [0.25, 0.3) is 11.6 Å². The maximum atomic E-state index is 13.2. The normalized spacial score (nSPS) is 12.9. The molecule has 5 N–H and O–H groups in total. The van der Waals surface area contributed by atoms with Crippen molar-refractivity contribution < 1.29 is 40.4 Å². The molecule has 1 aliphatic rings. The van der Waals surface area contributed by atoms with E-state index in [-0.39, 0.29) is 35.9 Å². The van der Waals surface area contributed by atoms with Gasteiger partial charge in [0.2, 0.25) is 5.82 Å². The monoisotopic (exact) mass is 1620 g/mol. The number of rotatable bonds is 20. The Morgan fingerprint density at radius 3 is 2.12 bits per heavy atom. The minimum atomic E-state index is -4.62. The molecule has 6 aromatic carbocycles. The Kier molecular flexibility index (Phi) is 27.3. The highest BCUT2D eigenvalue weighted by atomic mass is 35.5. The average molecular weight is 1620 g/mol. The van der Waals surface area contributed by atoms with Gasteiger partial charge < -0.3 is 50.1 Å². The highest BCUT2D eigenvalue weighted by Crippen LogP contribution is 2.35. The Morgan fingerprint density at radius 1 is 0.647 bits per heavy atom. The number of likely N-dealkylation sites (N-methyl/N-ethyl adjacent to an activating group) is 1. The number of aromatic amines is 1. The number of alkyl halides is 6. The number of thiophene rings is 1. The summed E-state index contributed by atoms with van der Waals surface area (Å²) in [5, 5.41) is 30.2. The second-order valence-electron chi connectivity index (χ2n) is 27.3. The van der Waals surface area contributed by atoms with Crippen molar-refractivity contribution in [3.63, 3.8) is 0 Å². The average Bonchev–Trinajstić information content (AvgIpc) is 1.05. The molecule has 0 spiro atoms. The van der Waals surface area contributed by atoms with Gasteiger partial charge in [-0.2, -0.15) is 36.4 Å². The van der Waals surface area contributed by atoms with Crippen LogP contribution >= 0.6 is 22.9 Å². The van der Waals surface area contributed by atoms with Crippen molar-refractivity contribution in [2.24, 2.45) is 0 Å². The van der Waals surface area contributed by atoms with E-state index in [4.69, 9.17) is 20.9 Å². The lowest BCUT2D eigenvalue weighted by atomic mass is 10.1. The summed E-state index contributed by atoms with van der Waals surface area (Å²) >= 11 is 7.54. The molecule has 9 aromatic heterocycles. The molecule has 33 heteroatoms.